The average molecular weight is 700 g/mol. The number of aryl methyl sites for hydroxylation is 2. The molecule has 2 saturated heterocycles. The first-order chi connectivity index (χ1) is 22.6. The van der Waals surface area contributed by atoms with Gasteiger partial charge >= 0.3 is 6.18 Å². The number of allylic oxidation sites excluding steroid dienone is 2. The minimum absolute atomic E-state index is 0.0137. The number of imide groups is 2. The van der Waals surface area contributed by atoms with Crippen LogP contribution in [0.5, 0.6) is 5.75 Å². The molecule has 0 bridgehead atoms. The highest BCUT2D eigenvalue weighted by atomic mass is 35.5. The van der Waals surface area contributed by atoms with Gasteiger partial charge in [0.1, 0.15) is 5.75 Å². The maximum Gasteiger partial charge on any atom is 0.417 e. The first kappa shape index (κ1) is 32.1. The van der Waals surface area contributed by atoms with Gasteiger partial charge in [0.2, 0.25) is 11.8 Å². The van der Waals surface area contributed by atoms with E-state index in [9.17, 15) is 32.7 Å². The third-order valence-electron chi connectivity index (χ3n) is 10.2. The lowest BCUT2D eigenvalue weighted by Crippen LogP contribution is -2.53. The van der Waals surface area contributed by atoms with Crippen molar-refractivity contribution in [1.29, 1.82) is 0 Å². The molecule has 9 nitrogen and oxygen atoms in total. The summed E-state index contributed by atoms with van der Waals surface area (Å²) in [6.07, 6.45) is -2.06. The minimum Gasteiger partial charge on any atom is -0.507 e. The third-order valence-corrected chi connectivity index (χ3v) is 10.8. The number of carbonyl (C=O) groups excluding carboxylic acids is 4. The van der Waals surface area contributed by atoms with Gasteiger partial charge in [-0.05, 0) is 73.1 Å². The SMILES string of the molecule is Cc1cc(C2C3=CCC4C(=O)NC(=O)C4C3CC3C(=O)N(Nc4ncc(C(F)(F)F)cc4Cl)C(=O)C32c2ccc(Cl)cc2)cc(C)c1O. The number of carbonyl (C=O) groups is 4. The number of pyridine rings is 1. The van der Waals surface area contributed by atoms with E-state index in [1.165, 1.54) is 0 Å². The van der Waals surface area contributed by atoms with Gasteiger partial charge in [-0.15, -0.1) is 0 Å². The van der Waals surface area contributed by atoms with E-state index in [1.54, 1.807) is 50.2 Å². The van der Waals surface area contributed by atoms with Gasteiger partial charge in [-0.25, -0.2) is 4.98 Å². The van der Waals surface area contributed by atoms with Crippen LogP contribution in [-0.2, 0) is 30.8 Å². The van der Waals surface area contributed by atoms with Crippen molar-refractivity contribution in [3.8, 4) is 5.75 Å². The van der Waals surface area contributed by atoms with Gasteiger partial charge in [0.25, 0.3) is 11.8 Å². The smallest absolute Gasteiger partial charge is 0.417 e. The number of fused-ring (bicyclic) bond motifs is 4. The molecule has 4 amide bonds. The van der Waals surface area contributed by atoms with Gasteiger partial charge in [-0.2, -0.15) is 18.2 Å². The first-order valence-corrected chi connectivity index (χ1v) is 15.9. The third kappa shape index (κ3) is 4.63. The molecule has 3 aromatic rings. The molecule has 6 atom stereocenters. The number of alkyl halides is 3. The second-order valence-electron chi connectivity index (χ2n) is 12.8. The summed E-state index contributed by atoms with van der Waals surface area (Å²) in [5.74, 6) is -6.59. The Bertz CT molecular complexity index is 1940. The molecule has 48 heavy (non-hydrogen) atoms. The number of rotatable bonds is 4. The predicted octanol–water partition coefficient (Wildman–Crippen LogP) is 6.00. The maximum atomic E-state index is 15.1. The molecule has 14 heteroatoms. The summed E-state index contributed by atoms with van der Waals surface area (Å²) in [5.41, 5.74) is 2.60. The zero-order valence-electron chi connectivity index (χ0n) is 25.4. The lowest BCUT2D eigenvalue weighted by molar-refractivity contribution is -0.139. The average Bonchev–Trinajstić information content (AvgIpc) is 3.44. The Hall–Kier alpha value is -4.42. The van der Waals surface area contributed by atoms with E-state index < -0.39 is 75.4 Å². The Kier molecular flexibility index (Phi) is 7.41. The maximum absolute atomic E-state index is 15.1. The molecule has 3 heterocycles. The van der Waals surface area contributed by atoms with Crippen LogP contribution in [0, 0.1) is 37.5 Å². The standard InChI is InChI=1S/C34H27Cl2F3N4O5/c1-14-9-16(10-15(2)27(14)44)26-20-7-8-21-25(30(46)41-29(21)45)22(20)12-23-31(47)43(32(48)33(23,26)17-3-5-19(35)6-4-17)42-28-24(36)11-18(13-40-28)34(37,38)39/h3-7,9-11,13,21-23,25-26,44H,8,12H2,1-2H3,(H,40,42)(H,41,45,46). The summed E-state index contributed by atoms with van der Waals surface area (Å²) in [5, 5.41) is 13.8. The van der Waals surface area contributed by atoms with E-state index in [1.807, 2.05) is 6.08 Å². The van der Waals surface area contributed by atoms with Gasteiger partial charge in [-0.1, -0.05) is 59.1 Å². The van der Waals surface area contributed by atoms with E-state index in [4.69, 9.17) is 23.2 Å². The normalized spacial score (nSPS) is 28.1. The van der Waals surface area contributed by atoms with Crippen molar-refractivity contribution < 1.29 is 37.5 Å². The van der Waals surface area contributed by atoms with E-state index in [-0.39, 0.29) is 24.4 Å². The summed E-state index contributed by atoms with van der Waals surface area (Å²) >= 11 is 12.5. The number of nitrogens with one attached hydrogen (secondary N) is 2. The molecule has 3 N–H and O–H groups in total. The summed E-state index contributed by atoms with van der Waals surface area (Å²) < 4.78 is 40.1. The van der Waals surface area contributed by atoms with E-state index in [0.29, 0.717) is 45.1 Å². The molecule has 2 aromatic carbocycles. The summed E-state index contributed by atoms with van der Waals surface area (Å²) in [4.78, 5) is 59.5. The van der Waals surface area contributed by atoms with Crippen LogP contribution in [0.15, 0.2) is 60.3 Å². The van der Waals surface area contributed by atoms with E-state index in [2.05, 4.69) is 15.7 Å². The number of hydrogen-bond acceptors (Lipinski definition) is 7. The highest BCUT2D eigenvalue weighted by Gasteiger charge is 2.70. The van der Waals surface area contributed by atoms with Crippen LogP contribution in [0.2, 0.25) is 10.0 Å². The lowest BCUT2D eigenvalue weighted by atomic mass is 9.49. The van der Waals surface area contributed by atoms with Crippen molar-refractivity contribution >= 4 is 52.6 Å². The van der Waals surface area contributed by atoms with Crippen LogP contribution >= 0.6 is 23.2 Å². The molecular weight excluding hydrogens is 672 g/mol. The highest BCUT2D eigenvalue weighted by molar-refractivity contribution is 6.33. The number of hydrazine groups is 1. The fourth-order valence-corrected chi connectivity index (χ4v) is 8.56. The van der Waals surface area contributed by atoms with E-state index >= 15 is 4.79 Å². The molecule has 1 saturated carbocycles. The number of amides is 4. The van der Waals surface area contributed by atoms with Gasteiger partial charge < -0.3 is 5.11 Å². The van der Waals surface area contributed by atoms with Crippen LogP contribution in [-0.4, -0.2) is 38.7 Å². The van der Waals surface area contributed by atoms with Crippen LogP contribution in [0.1, 0.15) is 46.6 Å². The number of halogens is 5. The molecule has 4 aliphatic rings. The number of benzene rings is 2. The second-order valence-corrected chi connectivity index (χ2v) is 13.6. The zero-order chi connectivity index (χ0) is 34.4. The number of anilines is 1. The summed E-state index contributed by atoms with van der Waals surface area (Å²) in [6.45, 7) is 3.42. The first-order valence-electron chi connectivity index (χ1n) is 15.1. The van der Waals surface area contributed by atoms with Crippen molar-refractivity contribution in [3.05, 3.63) is 98.2 Å². The topological polar surface area (TPSA) is 129 Å². The summed E-state index contributed by atoms with van der Waals surface area (Å²) in [6, 6.07) is 10.6. The Morgan fingerprint density at radius 2 is 1.67 bits per heavy atom. The van der Waals surface area contributed by atoms with Crippen molar-refractivity contribution in [3.63, 3.8) is 0 Å². The van der Waals surface area contributed by atoms with Gasteiger partial charge in [0.15, 0.2) is 5.82 Å². The van der Waals surface area contributed by atoms with Crippen molar-refractivity contribution in [1.82, 2.24) is 15.3 Å². The number of aromatic hydroxyl groups is 1. The summed E-state index contributed by atoms with van der Waals surface area (Å²) in [7, 11) is 0. The Morgan fingerprint density at radius 1 is 1.00 bits per heavy atom. The van der Waals surface area contributed by atoms with Crippen molar-refractivity contribution in [2.45, 2.75) is 44.2 Å². The Morgan fingerprint density at radius 3 is 2.29 bits per heavy atom. The highest BCUT2D eigenvalue weighted by Crippen LogP contribution is 2.64. The molecule has 7 rings (SSSR count). The fraction of sp³-hybridized carbons (Fsp3) is 0.324. The molecular formula is C34H27Cl2F3N4O5. The molecule has 6 unspecified atom stereocenters. The second kappa shape index (κ2) is 11.1. The monoisotopic (exact) mass is 698 g/mol. The Balaban J connectivity index is 1.46. The number of phenolic OH excluding ortho intramolecular Hbond substituents is 1. The molecule has 2 aliphatic heterocycles. The quantitative estimate of drug-likeness (QED) is 0.225. The number of phenols is 1. The van der Waals surface area contributed by atoms with Gasteiger partial charge in [-0.3, -0.25) is 29.9 Å². The van der Waals surface area contributed by atoms with Crippen LogP contribution < -0.4 is 10.7 Å². The van der Waals surface area contributed by atoms with Crippen molar-refractivity contribution in [2.75, 3.05) is 5.43 Å². The van der Waals surface area contributed by atoms with Crippen LogP contribution in [0.25, 0.3) is 0 Å². The number of nitrogens with zero attached hydrogens (tertiary/aromatic N) is 2. The zero-order valence-corrected chi connectivity index (χ0v) is 26.9. The molecule has 2 aliphatic carbocycles. The Labute approximate surface area is 282 Å². The van der Waals surface area contributed by atoms with Crippen molar-refractivity contribution in [2.24, 2.45) is 23.7 Å². The molecule has 0 spiro atoms. The predicted molar refractivity (Wildman–Crippen MR) is 168 cm³/mol. The minimum atomic E-state index is -4.73. The molecule has 248 valence electrons. The number of aromatic nitrogens is 1. The number of hydrogen-bond donors (Lipinski definition) is 3. The van der Waals surface area contributed by atoms with Crippen LogP contribution in [0.3, 0.4) is 0 Å². The largest absolute Gasteiger partial charge is 0.507 e. The molecule has 0 radical (unpaired) electrons. The lowest BCUT2D eigenvalue weighted by Gasteiger charge is -2.50. The molecule has 1 aromatic heterocycles. The molecule has 3 fully saturated rings. The van der Waals surface area contributed by atoms with Gasteiger partial charge in [0.05, 0.1) is 33.8 Å². The van der Waals surface area contributed by atoms with Crippen LogP contribution in [0.4, 0.5) is 19.0 Å². The van der Waals surface area contributed by atoms with E-state index in [0.717, 1.165) is 5.01 Å². The van der Waals surface area contributed by atoms with Gasteiger partial charge in [0, 0.05) is 17.1 Å². The fourth-order valence-electron chi connectivity index (χ4n) is 8.22.